The van der Waals surface area contributed by atoms with E-state index in [0.717, 1.165) is 30.5 Å². The van der Waals surface area contributed by atoms with Gasteiger partial charge in [-0.3, -0.25) is 4.90 Å². The van der Waals surface area contributed by atoms with E-state index in [1.807, 2.05) is 24.3 Å². The Morgan fingerprint density at radius 3 is 2.89 bits per heavy atom. The molecule has 3 rings (SSSR count). The molecule has 1 fully saturated rings. The summed E-state index contributed by atoms with van der Waals surface area (Å²) in [5.74, 6) is 0. The van der Waals surface area contributed by atoms with Crippen LogP contribution in [0.15, 0.2) is 29.4 Å². The minimum atomic E-state index is -0.0471. The van der Waals surface area contributed by atoms with E-state index in [0.29, 0.717) is 24.7 Å². The largest absolute Gasteiger partial charge is 0.411 e. The van der Waals surface area contributed by atoms with Gasteiger partial charge in [0.1, 0.15) is 0 Å². The Morgan fingerprint density at radius 1 is 1.37 bits per heavy atom. The van der Waals surface area contributed by atoms with Crippen molar-refractivity contribution in [2.24, 2.45) is 5.16 Å². The highest BCUT2D eigenvalue weighted by Gasteiger charge is 2.29. The Bertz CT molecular complexity index is 523. The molecule has 0 radical (unpaired) electrons. The molecular formula is C14H17N3O2. The van der Waals surface area contributed by atoms with Gasteiger partial charge in [0.25, 0.3) is 0 Å². The zero-order chi connectivity index (χ0) is 13.2. The number of urea groups is 1. The average Bonchev–Trinajstić information content (AvgIpc) is 3.24. The van der Waals surface area contributed by atoms with Gasteiger partial charge in [-0.1, -0.05) is 23.4 Å². The second-order valence-corrected chi connectivity index (χ2v) is 5.04. The Hall–Kier alpha value is -2.04. The maximum absolute atomic E-state index is 12.3. The molecule has 0 saturated heterocycles. The molecule has 1 aliphatic carbocycles. The molecule has 0 spiro atoms. The Kier molecular flexibility index (Phi) is 3.11. The number of para-hydroxylation sites is 1. The normalized spacial score (nSPS) is 20.8. The maximum atomic E-state index is 12.3. The number of anilines is 1. The van der Waals surface area contributed by atoms with Crippen LogP contribution in [0.25, 0.3) is 0 Å². The van der Waals surface area contributed by atoms with Gasteiger partial charge >= 0.3 is 6.03 Å². The summed E-state index contributed by atoms with van der Waals surface area (Å²) in [5.41, 5.74) is 2.32. The van der Waals surface area contributed by atoms with E-state index in [1.165, 1.54) is 0 Å². The number of hydrogen-bond donors (Lipinski definition) is 2. The highest BCUT2D eigenvalue weighted by atomic mass is 16.4. The fraction of sp³-hybridized carbons (Fsp3) is 0.429. The number of rotatable bonds is 1. The van der Waals surface area contributed by atoms with Crippen LogP contribution in [0, 0.1) is 0 Å². The van der Waals surface area contributed by atoms with Gasteiger partial charge in [-0.25, -0.2) is 4.79 Å². The lowest BCUT2D eigenvalue weighted by molar-refractivity contribution is 0.246. The van der Waals surface area contributed by atoms with Crippen molar-refractivity contribution < 1.29 is 10.0 Å². The fourth-order valence-electron chi connectivity index (χ4n) is 2.41. The quantitative estimate of drug-likeness (QED) is 0.600. The molecule has 1 aromatic rings. The lowest BCUT2D eigenvalue weighted by atomic mass is 10.1. The van der Waals surface area contributed by atoms with Crippen LogP contribution in [0.1, 0.15) is 31.2 Å². The highest BCUT2D eigenvalue weighted by Crippen LogP contribution is 2.27. The second-order valence-electron chi connectivity index (χ2n) is 5.04. The van der Waals surface area contributed by atoms with Crippen molar-refractivity contribution in [2.45, 2.75) is 31.7 Å². The molecule has 2 amide bonds. The van der Waals surface area contributed by atoms with Crippen LogP contribution in [0.3, 0.4) is 0 Å². The number of oxime groups is 1. The van der Waals surface area contributed by atoms with Crippen LogP contribution in [-0.4, -0.2) is 29.5 Å². The van der Waals surface area contributed by atoms with E-state index < -0.39 is 0 Å². The van der Waals surface area contributed by atoms with Crippen molar-refractivity contribution in [3.8, 4) is 0 Å². The van der Waals surface area contributed by atoms with Crippen LogP contribution in [0.2, 0.25) is 0 Å². The summed E-state index contributed by atoms with van der Waals surface area (Å²) >= 11 is 0. The van der Waals surface area contributed by atoms with Crippen LogP contribution in [0.5, 0.6) is 0 Å². The number of nitrogens with one attached hydrogen (secondary N) is 1. The molecule has 1 aliphatic heterocycles. The minimum Gasteiger partial charge on any atom is -0.411 e. The summed E-state index contributed by atoms with van der Waals surface area (Å²) in [6.07, 6.45) is 3.63. The molecule has 2 aliphatic rings. The molecule has 19 heavy (non-hydrogen) atoms. The van der Waals surface area contributed by atoms with Crippen LogP contribution in [-0.2, 0) is 0 Å². The fourth-order valence-corrected chi connectivity index (χ4v) is 2.41. The number of carbonyl (C=O) groups is 1. The van der Waals surface area contributed by atoms with Crippen molar-refractivity contribution >= 4 is 17.4 Å². The molecule has 1 heterocycles. The first-order valence-corrected chi connectivity index (χ1v) is 6.68. The monoisotopic (exact) mass is 259 g/mol. The van der Waals surface area contributed by atoms with Crippen LogP contribution < -0.4 is 10.2 Å². The molecule has 1 aromatic carbocycles. The minimum absolute atomic E-state index is 0.0471. The number of amides is 2. The van der Waals surface area contributed by atoms with Gasteiger partial charge in [0.15, 0.2) is 0 Å². The lowest BCUT2D eigenvalue weighted by Gasteiger charge is -2.23. The standard InChI is InChI=1S/C14H17N3O2/c18-14(15-10-7-8-10)17-9-3-5-12(16-19)11-4-1-2-6-13(11)17/h1-2,4,6,10,19H,3,5,7-9H2,(H,15,18)/b16-12-. The van der Waals surface area contributed by atoms with Gasteiger partial charge in [0.05, 0.1) is 11.4 Å². The Labute approximate surface area is 111 Å². The average molecular weight is 259 g/mol. The third kappa shape index (κ3) is 2.41. The van der Waals surface area contributed by atoms with E-state index in [4.69, 9.17) is 5.21 Å². The topological polar surface area (TPSA) is 64.9 Å². The molecule has 0 bridgehead atoms. The van der Waals surface area contributed by atoms with E-state index in [2.05, 4.69) is 10.5 Å². The molecule has 0 aromatic heterocycles. The summed E-state index contributed by atoms with van der Waals surface area (Å²) in [6, 6.07) is 7.89. The SMILES string of the molecule is O=C(NC1CC1)N1CCC/C(=N/O)c2ccccc21. The highest BCUT2D eigenvalue weighted by molar-refractivity contribution is 6.08. The summed E-state index contributed by atoms with van der Waals surface area (Å²) in [4.78, 5) is 14.0. The smallest absolute Gasteiger partial charge is 0.322 e. The molecule has 5 heteroatoms. The number of carbonyl (C=O) groups excluding carboxylic acids is 1. The first-order chi connectivity index (χ1) is 9.29. The first kappa shape index (κ1) is 12.0. The Balaban J connectivity index is 1.93. The van der Waals surface area contributed by atoms with Gasteiger partial charge in [0, 0.05) is 18.2 Å². The van der Waals surface area contributed by atoms with Crippen LogP contribution in [0.4, 0.5) is 10.5 Å². The number of fused-ring (bicyclic) bond motifs is 1. The second kappa shape index (κ2) is 4.91. The van der Waals surface area contributed by atoms with E-state index in [-0.39, 0.29) is 6.03 Å². The number of nitrogens with zero attached hydrogens (tertiary/aromatic N) is 2. The van der Waals surface area contributed by atoms with E-state index in [9.17, 15) is 4.79 Å². The molecule has 100 valence electrons. The molecule has 2 N–H and O–H groups in total. The predicted molar refractivity (Wildman–Crippen MR) is 72.9 cm³/mol. The molecule has 1 saturated carbocycles. The van der Waals surface area contributed by atoms with E-state index >= 15 is 0 Å². The lowest BCUT2D eigenvalue weighted by Crippen LogP contribution is -2.41. The molecule has 5 nitrogen and oxygen atoms in total. The zero-order valence-corrected chi connectivity index (χ0v) is 10.7. The van der Waals surface area contributed by atoms with Crippen LogP contribution >= 0.6 is 0 Å². The third-order valence-corrected chi connectivity index (χ3v) is 3.57. The maximum Gasteiger partial charge on any atom is 0.322 e. The van der Waals surface area contributed by atoms with Gasteiger partial charge in [0.2, 0.25) is 0 Å². The summed E-state index contributed by atoms with van der Waals surface area (Å²) in [6.45, 7) is 0.647. The van der Waals surface area contributed by atoms with Gasteiger partial charge in [-0.15, -0.1) is 0 Å². The summed E-state index contributed by atoms with van der Waals surface area (Å²) in [5, 5.41) is 15.5. The van der Waals surface area contributed by atoms with Gasteiger partial charge in [-0.2, -0.15) is 0 Å². The zero-order valence-electron chi connectivity index (χ0n) is 10.7. The molecular weight excluding hydrogens is 242 g/mol. The first-order valence-electron chi connectivity index (χ1n) is 6.68. The van der Waals surface area contributed by atoms with Crippen molar-refractivity contribution in [3.63, 3.8) is 0 Å². The van der Waals surface area contributed by atoms with Crippen molar-refractivity contribution in [2.75, 3.05) is 11.4 Å². The molecule has 0 unspecified atom stereocenters. The van der Waals surface area contributed by atoms with Gasteiger partial charge in [-0.05, 0) is 31.7 Å². The Morgan fingerprint density at radius 2 is 2.16 bits per heavy atom. The number of benzene rings is 1. The summed E-state index contributed by atoms with van der Waals surface area (Å²) < 4.78 is 0. The summed E-state index contributed by atoms with van der Waals surface area (Å²) in [7, 11) is 0. The van der Waals surface area contributed by atoms with Crippen molar-refractivity contribution in [3.05, 3.63) is 29.8 Å². The molecule has 0 atom stereocenters. The third-order valence-electron chi connectivity index (χ3n) is 3.57. The van der Waals surface area contributed by atoms with E-state index in [1.54, 1.807) is 4.90 Å². The van der Waals surface area contributed by atoms with Crippen molar-refractivity contribution in [1.82, 2.24) is 5.32 Å². The van der Waals surface area contributed by atoms with Gasteiger partial charge < -0.3 is 10.5 Å². The van der Waals surface area contributed by atoms with Crippen molar-refractivity contribution in [1.29, 1.82) is 0 Å². The predicted octanol–water partition coefficient (Wildman–Crippen LogP) is 2.34. The number of hydrogen-bond acceptors (Lipinski definition) is 3.